The van der Waals surface area contributed by atoms with Crippen molar-refractivity contribution in [1.82, 2.24) is 0 Å². The van der Waals surface area contributed by atoms with Crippen LogP contribution in [0.5, 0.6) is 0 Å². The van der Waals surface area contributed by atoms with Crippen LogP contribution in [0.2, 0.25) is 0 Å². The van der Waals surface area contributed by atoms with Gasteiger partial charge in [0.1, 0.15) is 5.82 Å². The Labute approximate surface area is 98.7 Å². The van der Waals surface area contributed by atoms with Crippen molar-refractivity contribution in [3.05, 3.63) is 45.9 Å². The summed E-state index contributed by atoms with van der Waals surface area (Å²) in [6, 6.07) is 6.76. The first kappa shape index (κ1) is 11.3. The Balaban J connectivity index is 2.57. The van der Waals surface area contributed by atoms with Crippen LogP contribution >= 0.6 is 11.3 Å². The molecule has 84 valence electrons. The van der Waals surface area contributed by atoms with Gasteiger partial charge in [-0.15, -0.1) is 11.3 Å². The average Bonchev–Trinajstić information content (AvgIpc) is 2.64. The van der Waals surface area contributed by atoms with Crippen LogP contribution in [0.25, 0.3) is 11.1 Å². The molecule has 0 amide bonds. The zero-order valence-electron chi connectivity index (χ0n) is 9.33. The minimum Gasteiger partial charge on any atom is -0.324 e. The number of rotatable bonds is 2. The molecule has 1 aromatic carbocycles. The number of hydrogen-bond acceptors (Lipinski definition) is 2. The maximum Gasteiger partial charge on any atom is 0.123 e. The van der Waals surface area contributed by atoms with Crippen LogP contribution in [0.4, 0.5) is 4.39 Å². The molecule has 0 aliphatic heterocycles. The number of benzene rings is 1. The zero-order valence-corrected chi connectivity index (χ0v) is 10.1. The molecule has 0 saturated heterocycles. The lowest BCUT2D eigenvalue weighted by atomic mass is 9.97. The zero-order chi connectivity index (χ0) is 11.7. The molecule has 1 atom stereocenters. The highest BCUT2D eigenvalue weighted by Gasteiger charge is 2.10. The number of aryl methyl sites for hydroxylation is 1. The van der Waals surface area contributed by atoms with E-state index in [-0.39, 0.29) is 11.9 Å². The van der Waals surface area contributed by atoms with Crippen molar-refractivity contribution in [3.63, 3.8) is 0 Å². The molecule has 2 rings (SSSR count). The van der Waals surface area contributed by atoms with E-state index in [1.165, 1.54) is 10.9 Å². The van der Waals surface area contributed by atoms with Gasteiger partial charge in [0, 0.05) is 10.9 Å². The summed E-state index contributed by atoms with van der Waals surface area (Å²) >= 11 is 1.66. The smallest absolute Gasteiger partial charge is 0.123 e. The first-order valence-corrected chi connectivity index (χ1v) is 6.06. The number of halogens is 1. The molecule has 1 unspecified atom stereocenters. The van der Waals surface area contributed by atoms with Crippen molar-refractivity contribution < 1.29 is 4.39 Å². The van der Waals surface area contributed by atoms with Crippen LogP contribution in [0.15, 0.2) is 29.6 Å². The third-order valence-electron chi connectivity index (χ3n) is 2.55. The Hall–Kier alpha value is -1.19. The van der Waals surface area contributed by atoms with Crippen molar-refractivity contribution in [1.29, 1.82) is 0 Å². The first-order chi connectivity index (χ1) is 7.58. The highest BCUT2D eigenvalue weighted by molar-refractivity contribution is 7.10. The molecule has 0 bridgehead atoms. The summed E-state index contributed by atoms with van der Waals surface area (Å²) in [6.07, 6.45) is 0. The van der Waals surface area contributed by atoms with Gasteiger partial charge < -0.3 is 5.73 Å². The molecule has 16 heavy (non-hydrogen) atoms. The highest BCUT2D eigenvalue weighted by atomic mass is 32.1. The van der Waals surface area contributed by atoms with E-state index in [1.54, 1.807) is 23.5 Å². The topological polar surface area (TPSA) is 26.0 Å². The summed E-state index contributed by atoms with van der Waals surface area (Å²) in [5.41, 5.74) is 8.83. The minimum atomic E-state index is -0.219. The molecule has 3 heteroatoms. The minimum absolute atomic E-state index is 0.0872. The number of thiophene rings is 1. The molecule has 0 spiro atoms. The number of nitrogens with two attached hydrogens (primary N) is 1. The van der Waals surface area contributed by atoms with Gasteiger partial charge in [-0.25, -0.2) is 4.39 Å². The van der Waals surface area contributed by atoms with Gasteiger partial charge in [0.25, 0.3) is 0 Å². The Morgan fingerprint density at radius 2 is 2.06 bits per heavy atom. The predicted octanol–water partition coefficient (Wildman–Crippen LogP) is 3.88. The predicted molar refractivity (Wildman–Crippen MR) is 67.1 cm³/mol. The summed E-state index contributed by atoms with van der Waals surface area (Å²) in [5.74, 6) is -0.219. The third kappa shape index (κ3) is 2.15. The summed E-state index contributed by atoms with van der Waals surface area (Å²) in [5, 5.41) is 2.04. The van der Waals surface area contributed by atoms with Crippen LogP contribution in [0, 0.1) is 12.7 Å². The van der Waals surface area contributed by atoms with Crippen LogP contribution < -0.4 is 5.73 Å². The molecular formula is C13H14FNS. The van der Waals surface area contributed by atoms with Gasteiger partial charge in [0.15, 0.2) is 0 Å². The van der Waals surface area contributed by atoms with E-state index < -0.39 is 0 Å². The molecule has 1 aromatic heterocycles. The molecule has 2 aromatic rings. The van der Waals surface area contributed by atoms with E-state index in [9.17, 15) is 4.39 Å². The lowest BCUT2D eigenvalue weighted by molar-refractivity contribution is 0.626. The van der Waals surface area contributed by atoms with Crippen molar-refractivity contribution in [3.8, 4) is 11.1 Å². The van der Waals surface area contributed by atoms with Gasteiger partial charge in [-0.3, -0.25) is 0 Å². The second-order valence-electron chi connectivity index (χ2n) is 3.97. The van der Waals surface area contributed by atoms with Gasteiger partial charge >= 0.3 is 0 Å². The van der Waals surface area contributed by atoms with Crippen molar-refractivity contribution in [2.24, 2.45) is 5.73 Å². The Morgan fingerprint density at radius 1 is 1.31 bits per heavy atom. The first-order valence-electron chi connectivity index (χ1n) is 5.18. The van der Waals surface area contributed by atoms with Crippen LogP contribution in [0.1, 0.15) is 23.4 Å². The Morgan fingerprint density at radius 3 is 2.62 bits per heavy atom. The van der Waals surface area contributed by atoms with E-state index in [0.29, 0.717) is 0 Å². The van der Waals surface area contributed by atoms with E-state index >= 15 is 0 Å². The van der Waals surface area contributed by atoms with E-state index in [0.717, 1.165) is 16.7 Å². The second kappa shape index (κ2) is 4.36. The lowest BCUT2D eigenvalue weighted by Gasteiger charge is -2.11. The maximum absolute atomic E-state index is 13.3. The average molecular weight is 235 g/mol. The summed E-state index contributed by atoms with van der Waals surface area (Å²) in [6.45, 7) is 3.95. The van der Waals surface area contributed by atoms with Crippen LogP contribution in [-0.4, -0.2) is 0 Å². The highest BCUT2D eigenvalue weighted by Crippen LogP contribution is 2.31. The Bertz CT molecular complexity index is 502. The quantitative estimate of drug-likeness (QED) is 0.839. The monoisotopic (exact) mass is 235 g/mol. The molecular weight excluding hydrogens is 221 g/mol. The van der Waals surface area contributed by atoms with Crippen LogP contribution in [-0.2, 0) is 0 Å². The molecule has 0 radical (unpaired) electrons. The van der Waals surface area contributed by atoms with E-state index in [4.69, 9.17) is 5.73 Å². The van der Waals surface area contributed by atoms with Crippen LogP contribution in [0.3, 0.4) is 0 Å². The molecule has 0 fully saturated rings. The standard InChI is InChI=1S/C13H14FNS/c1-8-5-10(7-16-8)13-6-11(14)3-4-12(13)9(2)15/h3-7,9H,15H2,1-2H3. The molecule has 1 nitrogen and oxygen atoms in total. The molecule has 1 heterocycles. The van der Waals surface area contributed by atoms with Crippen molar-refractivity contribution in [2.75, 3.05) is 0 Å². The molecule has 0 aliphatic rings. The van der Waals surface area contributed by atoms with Gasteiger partial charge in [0.05, 0.1) is 0 Å². The molecule has 2 N–H and O–H groups in total. The van der Waals surface area contributed by atoms with Crippen molar-refractivity contribution in [2.45, 2.75) is 19.9 Å². The normalized spacial score (nSPS) is 12.8. The van der Waals surface area contributed by atoms with E-state index in [2.05, 4.69) is 6.07 Å². The lowest BCUT2D eigenvalue weighted by Crippen LogP contribution is -2.06. The fourth-order valence-corrected chi connectivity index (χ4v) is 2.46. The van der Waals surface area contributed by atoms with Gasteiger partial charge in [-0.05, 0) is 54.1 Å². The fraction of sp³-hybridized carbons (Fsp3) is 0.231. The van der Waals surface area contributed by atoms with Gasteiger partial charge in [-0.1, -0.05) is 6.07 Å². The molecule has 0 saturated carbocycles. The number of hydrogen-bond donors (Lipinski definition) is 1. The van der Waals surface area contributed by atoms with Gasteiger partial charge in [-0.2, -0.15) is 0 Å². The van der Waals surface area contributed by atoms with E-state index in [1.807, 2.05) is 19.2 Å². The summed E-state index contributed by atoms with van der Waals surface area (Å²) in [7, 11) is 0. The largest absolute Gasteiger partial charge is 0.324 e. The maximum atomic E-state index is 13.3. The van der Waals surface area contributed by atoms with Crippen molar-refractivity contribution >= 4 is 11.3 Å². The SMILES string of the molecule is Cc1cc(-c2cc(F)ccc2C(C)N)cs1. The summed E-state index contributed by atoms with van der Waals surface area (Å²) < 4.78 is 13.3. The second-order valence-corrected chi connectivity index (χ2v) is 5.08. The fourth-order valence-electron chi connectivity index (χ4n) is 1.76. The Kier molecular flexibility index (Phi) is 3.08. The molecule has 0 aliphatic carbocycles. The third-order valence-corrected chi connectivity index (χ3v) is 3.41. The van der Waals surface area contributed by atoms with Gasteiger partial charge in [0.2, 0.25) is 0 Å². The summed E-state index contributed by atoms with van der Waals surface area (Å²) in [4.78, 5) is 1.22.